The van der Waals surface area contributed by atoms with Crippen LogP contribution in [0.25, 0.3) is 0 Å². The van der Waals surface area contributed by atoms with E-state index < -0.39 is 14.7 Å². The number of carbonyl (C=O) groups is 1. The Morgan fingerprint density at radius 2 is 1.93 bits per heavy atom. The van der Waals surface area contributed by atoms with E-state index in [0.717, 1.165) is 19.3 Å². The van der Waals surface area contributed by atoms with Crippen molar-refractivity contribution >= 4 is 25.9 Å². The molecule has 0 radical (unpaired) electrons. The first-order chi connectivity index (χ1) is 6.42. The first-order valence-electron chi connectivity index (χ1n) is 4.48. The molecule has 0 heterocycles. The van der Waals surface area contributed by atoms with Crippen LogP contribution in [0.3, 0.4) is 0 Å². The third-order valence-corrected chi connectivity index (χ3v) is 2.47. The van der Waals surface area contributed by atoms with Gasteiger partial charge in [0.2, 0.25) is 0 Å². The maximum atomic E-state index is 10.9. The van der Waals surface area contributed by atoms with Gasteiger partial charge in [0.05, 0.1) is 6.61 Å². The number of hydrogen-bond acceptors (Lipinski definition) is 4. The summed E-state index contributed by atoms with van der Waals surface area (Å²) in [5, 5.41) is 8.35. The van der Waals surface area contributed by atoms with Crippen LogP contribution < -0.4 is 0 Å². The Balaban J connectivity index is 3.19. The predicted molar refractivity (Wildman–Crippen MR) is 58.1 cm³/mol. The molecule has 1 atom stereocenters. The van der Waals surface area contributed by atoms with E-state index in [9.17, 15) is 9.00 Å². The van der Waals surface area contributed by atoms with E-state index in [4.69, 9.17) is 9.29 Å². The fourth-order valence-electron chi connectivity index (χ4n) is 0.942. The molecule has 0 aromatic rings. The third-order valence-electron chi connectivity index (χ3n) is 1.58. The first-order valence-corrected chi connectivity index (χ1v) is 7.29. The van der Waals surface area contributed by atoms with Crippen LogP contribution in [-0.4, -0.2) is 28.1 Å². The van der Waals surface area contributed by atoms with Gasteiger partial charge in [-0.05, 0) is 12.8 Å². The van der Waals surface area contributed by atoms with Crippen LogP contribution in [0, 0.1) is 0 Å². The summed E-state index contributed by atoms with van der Waals surface area (Å²) in [5.74, 6) is -0.761. The molecule has 4 nitrogen and oxygen atoms in total. The Hall–Kier alpha value is -0.200. The maximum absolute atomic E-state index is 10.9. The molecule has 0 aromatic carbocycles. The van der Waals surface area contributed by atoms with Gasteiger partial charge in [0.25, 0.3) is 0 Å². The van der Waals surface area contributed by atoms with E-state index in [-0.39, 0.29) is 6.42 Å². The zero-order valence-electron chi connectivity index (χ0n) is 8.23. The molecule has 1 unspecified atom stereocenters. The highest BCUT2D eigenvalue weighted by Gasteiger charge is 1.98. The molecule has 0 rings (SSSR count). The lowest BCUT2D eigenvalue weighted by Crippen LogP contribution is -2.02. The Morgan fingerprint density at radius 1 is 1.36 bits per heavy atom. The topological polar surface area (TPSA) is 63.6 Å². The molecule has 14 heavy (non-hydrogen) atoms. The summed E-state index contributed by atoms with van der Waals surface area (Å²) in [4.78, 5) is 10.1. The summed E-state index contributed by atoms with van der Waals surface area (Å²) < 4.78 is 15.8. The Kier molecular flexibility index (Phi) is 7.04. The van der Waals surface area contributed by atoms with Gasteiger partial charge in [-0.15, -0.1) is 0 Å². The van der Waals surface area contributed by atoms with Crippen LogP contribution in [0.5, 0.6) is 0 Å². The first kappa shape index (κ1) is 13.8. The Bertz CT molecular complexity index is 259. The van der Waals surface area contributed by atoms with E-state index in [1.807, 2.05) is 0 Å². The van der Waals surface area contributed by atoms with Crippen molar-refractivity contribution in [1.29, 1.82) is 0 Å². The molecule has 6 heteroatoms. The summed E-state index contributed by atoms with van der Waals surface area (Å²) in [5.41, 5.74) is 0. The highest BCUT2D eigenvalue weighted by atomic mass is 32.8. The zero-order chi connectivity index (χ0) is 11.0. The summed E-state index contributed by atoms with van der Waals surface area (Å²) in [6.07, 6.45) is 4.81. The molecule has 0 aliphatic heterocycles. The second kappa shape index (κ2) is 7.14. The fourth-order valence-corrected chi connectivity index (χ4v) is 1.57. The van der Waals surface area contributed by atoms with Crippen LogP contribution in [0.15, 0.2) is 0 Å². The maximum Gasteiger partial charge on any atom is 0.303 e. The number of hydrogen-bond donors (Lipinski definition) is 1. The van der Waals surface area contributed by atoms with Crippen LogP contribution in [0.4, 0.5) is 0 Å². The number of carboxylic acid groups (broad SMARTS) is 1. The molecule has 0 bridgehead atoms. The van der Waals surface area contributed by atoms with Gasteiger partial charge in [0.15, 0.2) is 0 Å². The molecule has 0 fully saturated rings. The highest BCUT2D eigenvalue weighted by molar-refractivity contribution is 8.29. The van der Waals surface area contributed by atoms with Gasteiger partial charge in [-0.3, -0.25) is 8.98 Å². The lowest BCUT2D eigenvalue weighted by Gasteiger charge is -2.02. The zero-order valence-corrected chi connectivity index (χ0v) is 9.86. The molecule has 0 saturated heterocycles. The Labute approximate surface area is 89.5 Å². The van der Waals surface area contributed by atoms with Crippen LogP contribution in [0.1, 0.15) is 32.1 Å². The molecule has 1 N–H and O–H groups in total. The average molecular weight is 240 g/mol. The largest absolute Gasteiger partial charge is 0.481 e. The normalized spacial score (nSPS) is 14.9. The number of rotatable bonds is 8. The van der Waals surface area contributed by atoms with Crippen molar-refractivity contribution in [2.75, 3.05) is 12.9 Å². The molecule has 0 amide bonds. The number of carboxylic acids is 1. The van der Waals surface area contributed by atoms with Crippen molar-refractivity contribution in [2.24, 2.45) is 0 Å². The third kappa shape index (κ3) is 11.8. The summed E-state index contributed by atoms with van der Waals surface area (Å²) in [6.45, 7) is 0.395. The quantitative estimate of drug-likeness (QED) is 0.648. The minimum absolute atomic E-state index is 0.215. The summed E-state index contributed by atoms with van der Waals surface area (Å²) in [7, 11) is -2.49. The van der Waals surface area contributed by atoms with E-state index in [1.165, 1.54) is 6.26 Å². The monoisotopic (exact) mass is 240 g/mol. The molecule has 84 valence electrons. The predicted octanol–water partition coefficient (Wildman–Crippen LogP) is 1.33. The standard InChI is InChI=1S/C8H16O4S2/c1-14(11,13)12-7-5-3-2-4-6-8(9)10/h2-7H2,1H3,(H,9,10). The van der Waals surface area contributed by atoms with E-state index in [2.05, 4.69) is 11.2 Å². The van der Waals surface area contributed by atoms with Crippen molar-refractivity contribution in [3.8, 4) is 0 Å². The van der Waals surface area contributed by atoms with Crippen molar-refractivity contribution in [3.63, 3.8) is 0 Å². The minimum Gasteiger partial charge on any atom is -0.481 e. The lowest BCUT2D eigenvalue weighted by molar-refractivity contribution is -0.137. The van der Waals surface area contributed by atoms with Crippen LogP contribution >= 0.6 is 0 Å². The molecular weight excluding hydrogens is 224 g/mol. The van der Waals surface area contributed by atoms with E-state index >= 15 is 0 Å². The van der Waals surface area contributed by atoms with E-state index in [0.29, 0.717) is 13.0 Å². The van der Waals surface area contributed by atoms with Gasteiger partial charge in [0.1, 0.15) is 8.77 Å². The molecule has 0 aliphatic rings. The number of aliphatic carboxylic acids is 1. The van der Waals surface area contributed by atoms with Gasteiger partial charge in [0, 0.05) is 23.9 Å². The highest BCUT2D eigenvalue weighted by Crippen LogP contribution is 2.03. The van der Waals surface area contributed by atoms with Crippen LogP contribution in [0.2, 0.25) is 0 Å². The van der Waals surface area contributed by atoms with Crippen molar-refractivity contribution in [1.82, 2.24) is 0 Å². The number of unbranched alkanes of at least 4 members (excludes halogenated alkanes) is 3. The van der Waals surface area contributed by atoms with Gasteiger partial charge in [-0.1, -0.05) is 12.8 Å². The molecule has 0 saturated carbocycles. The smallest absolute Gasteiger partial charge is 0.303 e. The lowest BCUT2D eigenvalue weighted by atomic mass is 10.1. The summed E-state index contributed by atoms with van der Waals surface area (Å²) in [6, 6.07) is 0. The van der Waals surface area contributed by atoms with Crippen molar-refractivity contribution < 1.29 is 18.3 Å². The van der Waals surface area contributed by atoms with Gasteiger partial charge in [-0.2, -0.15) is 0 Å². The molecule has 0 aromatic heterocycles. The van der Waals surface area contributed by atoms with Gasteiger partial charge >= 0.3 is 5.97 Å². The Morgan fingerprint density at radius 3 is 2.43 bits per heavy atom. The minimum atomic E-state index is -2.49. The van der Waals surface area contributed by atoms with Gasteiger partial charge in [-0.25, -0.2) is 4.21 Å². The van der Waals surface area contributed by atoms with Crippen molar-refractivity contribution in [3.05, 3.63) is 0 Å². The molecule has 0 aliphatic carbocycles. The molecular formula is C8H16O4S2. The fraction of sp³-hybridized carbons (Fsp3) is 0.875. The van der Waals surface area contributed by atoms with Crippen molar-refractivity contribution in [2.45, 2.75) is 32.1 Å². The van der Waals surface area contributed by atoms with Gasteiger partial charge < -0.3 is 5.11 Å². The van der Waals surface area contributed by atoms with Crippen LogP contribution in [-0.2, 0) is 28.9 Å². The second-order valence-corrected chi connectivity index (χ2v) is 6.54. The van der Waals surface area contributed by atoms with E-state index in [1.54, 1.807) is 0 Å². The second-order valence-electron chi connectivity index (χ2n) is 3.08. The SMILES string of the molecule is CS(=O)(=S)OCCCCCCC(=O)O. The summed E-state index contributed by atoms with van der Waals surface area (Å²) >= 11 is 4.55. The molecule has 0 spiro atoms. The average Bonchev–Trinajstić information content (AvgIpc) is 2.00.